The number of amides is 1. The zero-order valence-electron chi connectivity index (χ0n) is 12.7. The molecule has 1 N–H and O–H groups in total. The molecule has 0 fully saturated rings. The number of benzene rings is 1. The Hall–Kier alpha value is -2.05. The first kappa shape index (κ1) is 15.8. The van der Waals surface area contributed by atoms with Gasteiger partial charge in [-0.2, -0.15) is 0 Å². The summed E-state index contributed by atoms with van der Waals surface area (Å²) in [5, 5.41) is 0.808. The maximum absolute atomic E-state index is 12.5. The number of imidazole rings is 1. The normalized spacial score (nSPS) is 12.3. The molecule has 1 amide bonds. The molecule has 0 bridgehead atoms. The first-order valence-electron chi connectivity index (χ1n) is 6.98. The lowest BCUT2D eigenvalue weighted by Crippen LogP contribution is -2.26. The quantitative estimate of drug-likeness (QED) is 0.734. The highest BCUT2D eigenvalue weighted by Crippen LogP contribution is 2.35. The molecule has 2 aromatic heterocycles. The third kappa shape index (κ3) is 3.48. The van der Waals surface area contributed by atoms with E-state index in [1.807, 2.05) is 30.3 Å². The maximum Gasteiger partial charge on any atom is 0.240 e. The Balaban J connectivity index is 1.95. The number of likely N-dealkylation sites (N-methyl/N-ethyl adjacent to an activating group) is 1. The Morgan fingerprint density at radius 3 is 2.74 bits per heavy atom. The van der Waals surface area contributed by atoms with E-state index in [0.29, 0.717) is 15.8 Å². The second kappa shape index (κ2) is 6.60. The third-order valence-corrected chi connectivity index (χ3v) is 4.61. The number of nitrogens with zero attached hydrogens (tertiary/aromatic N) is 3. The minimum absolute atomic E-state index is 0.00708. The molecule has 23 heavy (non-hydrogen) atoms. The summed E-state index contributed by atoms with van der Waals surface area (Å²) >= 11 is 7.31. The van der Waals surface area contributed by atoms with Crippen LogP contribution in [0.4, 0.5) is 0 Å². The molecule has 0 aliphatic rings. The molecule has 0 aliphatic carbocycles. The number of carbonyl (C=O) groups is 1. The number of rotatable bonds is 4. The van der Waals surface area contributed by atoms with Gasteiger partial charge < -0.3 is 9.88 Å². The second-order valence-corrected chi connectivity index (χ2v) is 6.74. The predicted molar refractivity (Wildman–Crippen MR) is 92.6 cm³/mol. The van der Waals surface area contributed by atoms with Gasteiger partial charge in [-0.3, -0.25) is 4.79 Å². The van der Waals surface area contributed by atoms with Gasteiger partial charge in [0.15, 0.2) is 10.8 Å². The van der Waals surface area contributed by atoms with Crippen LogP contribution >= 0.6 is 23.4 Å². The molecule has 5 nitrogen and oxygen atoms in total. The summed E-state index contributed by atoms with van der Waals surface area (Å²) in [7, 11) is 3.50. The topological polar surface area (TPSA) is 61.9 Å². The highest BCUT2D eigenvalue weighted by Gasteiger charge is 2.25. The fraction of sp³-hybridized carbons (Fsp3) is 0.188. The van der Waals surface area contributed by atoms with Gasteiger partial charge in [0, 0.05) is 20.3 Å². The van der Waals surface area contributed by atoms with Crippen LogP contribution in [-0.2, 0) is 4.79 Å². The number of fused-ring (bicyclic) bond motifs is 1. The van der Waals surface area contributed by atoms with Crippen LogP contribution in [-0.4, -0.2) is 39.9 Å². The first-order chi connectivity index (χ1) is 11.0. The number of hydrogen-bond acceptors (Lipinski definition) is 4. The van der Waals surface area contributed by atoms with Crippen molar-refractivity contribution in [3.63, 3.8) is 0 Å². The number of halogens is 1. The van der Waals surface area contributed by atoms with Gasteiger partial charge in [0.25, 0.3) is 0 Å². The number of nitrogens with one attached hydrogen (secondary N) is 1. The molecule has 7 heteroatoms. The average Bonchev–Trinajstić information content (AvgIpc) is 2.94. The van der Waals surface area contributed by atoms with Gasteiger partial charge >= 0.3 is 0 Å². The SMILES string of the molecule is CN(C)C(=O)C(Sc1nc2ncc(Cl)cc2[nH]1)c1ccccc1. The minimum Gasteiger partial charge on any atom is -0.348 e. The Labute approximate surface area is 143 Å². The van der Waals surface area contributed by atoms with E-state index in [1.165, 1.54) is 11.8 Å². The fourth-order valence-electron chi connectivity index (χ4n) is 2.14. The van der Waals surface area contributed by atoms with Crippen LogP contribution in [0.25, 0.3) is 11.2 Å². The van der Waals surface area contributed by atoms with Crippen LogP contribution in [0.2, 0.25) is 5.02 Å². The van der Waals surface area contributed by atoms with Gasteiger partial charge in [-0.25, -0.2) is 9.97 Å². The molecule has 0 saturated heterocycles. The van der Waals surface area contributed by atoms with Crippen molar-refractivity contribution >= 4 is 40.4 Å². The summed E-state index contributed by atoms with van der Waals surface area (Å²) in [5.74, 6) is 0.00708. The molecule has 1 atom stereocenters. The smallest absolute Gasteiger partial charge is 0.240 e. The van der Waals surface area contributed by atoms with Crippen LogP contribution < -0.4 is 0 Å². The van der Waals surface area contributed by atoms with Crippen molar-refractivity contribution in [1.29, 1.82) is 0 Å². The molecular weight excluding hydrogens is 332 g/mol. The zero-order chi connectivity index (χ0) is 16.4. The highest BCUT2D eigenvalue weighted by atomic mass is 35.5. The van der Waals surface area contributed by atoms with Crippen LogP contribution in [0.3, 0.4) is 0 Å². The molecule has 1 aromatic carbocycles. The van der Waals surface area contributed by atoms with E-state index < -0.39 is 0 Å². The Kier molecular flexibility index (Phi) is 4.54. The van der Waals surface area contributed by atoms with Crippen molar-refractivity contribution in [1.82, 2.24) is 19.9 Å². The van der Waals surface area contributed by atoms with E-state index in [9.17, 15) is 4.79 Å². The van der Waals surface area contributed by atoms with E-state index >= 15 is 0 Å². The molecule has 0 saturated carbocycles. The molecule has 3 aromatic rings. The second-order valence-electron chi connectivity index (χ2n) is 5.21. The van der Waals surface area contributed by atoms with Crippen LogP contribution in [0.15, 0.2) is 47.8 Å². The van der Waals surface area contributed by atoms with Crippen molar-refractivity contribution in [3.8, 4) is 0 Å². The lowest BCUT2D eigenvalue weighted by Gasteiger charge is -2.19. The fourth-order valence-corrected chi connectivity index (χ4v) is 3.44. The van der Waals surface area contributed by atoms with Gasteiger partial charge in [0.1, 0.15) is 5.25 Å². The molecule has 0 aliphatic heterocycles. The summed E-state index contributed by atoms with van der Waals surface area (Å²) in [6.45, 7) is 0. The largest absolute Gasteiger partial charge is 0.348 e. The number of hydrogen-bond donors (Lipinski definition) is 1. The number of aromatic nitrogens is 3. The van der Waals surface area contributed by atoms with Gasteiger partial charge in [0.05, 0.1) is 10.5 Å². The van der Waals surface area contributed by atoms with E-state index in [1.54, 1.807) is 31.3 Å². The summed E-state index contributed by atoms with van der Waals surface area (Å²) < 4.78 is 0. The first-order valence-corrected chi connectivity index (χ1v) is 8.24. The van der Waals surface area contributed by atoms with Gasteiger partial charge in [-0.1, -0.05) is 53.7 Å². The Morgan fingerprint density at radius 1 is 1.30 bits per heavy atom. The van der Waals surface area contributed by atoms with E-state index in [4.69, 9.17) is 11.6 Å². The van der Waals surface area contributed by atoms with E-state index in [-0.39, 0.29) is 11.2 Å². The van der Waals surface area contributed by atoms with E-state index in [0.717, 1.165) is 11.1 Å². The Bertz CT molecular complexity index is 834. The van der Waals surface area contributed by atoms with Crippen molar-refractivity contribution in [2.24, 2.45) is 0 Å². The molecule has 0 spiro atoms. The molecule has 0 radical (unpaired) electrons. The van der Waals surface area contributed by atoms with Crippen LogP contribution in [0.5, 0.6) is 0 Å². The van der Waals surface area contributed by atoms with E-state index in [2.05, 4.69) is 15.0 Å². The Morgan fingerprint density at radius 2 is 2.04 bits per heavy atom. The molecule has 2 heterocycles. The number of carbonyl (C=O) groups excluding carboxylic acids is 1. The molecule has 118 valence electrons. The van der Waals surface area contributed by atoms with Gasteiger partial charge in [0.2, 0.25) is 5.91 Å². The number of H-pyrrole nitrogens is 1. The standard InChI is InChI=1S/C16H15ClN4OS/c1-21(2)15(22)13(10-6-4-3-5-7-10)23-16-19-12-8-11(17)9-18-14(12)20-16/h3-9,13H,1-2H3,(H,18,19,20). The van der Waals surface area contributed by atoms with Crippen molar-refractivity contribution in [2.45, 2.75) is 10.4 Å². The summed E-state index contributed by atoms with van der Waals surface area (Å²) in [6.07, 6.45) is 1.55. The van der Waals surface area contributed by atoms with Crippen LogP contribution in [0.1, 0.15) is 10.8 Å². The monoisotopic (exact) mass is 346 g/mol. The summed E-state index contributed by atoms with van der Waals surface area (Å²) in [5.41, 5.74) is 2.27. The van der Waals surface area contributed by atoms with Crippen molar-refractivity contribution in [2.75, 3.05) is 14.1 Å². The lowest BCUT2D eigenvalue weighted by atomic mass is 10.1. The van der Waals surface area contributed by atoms with Gasteiger partial charge in [-0.05, 0) is 11.6 Å². The molecule has 3 rings (SSSR count). The van der Waals surface area contributed by atoms with Crippen molar-refractivity contribution < 1.29 is 4.79 Å². The number of thioether (sulfide) groups is 1. The van der Waals surface area contributed by atoms with Crippen LogP contribution in [0, 0.1) is 0 Å². The lowest BCUT2D eigenvalue weighted by molar-refractivity contribution is -0.128. The highest BCUT2D eigenvalue weighted by molar-refractivity contribution is 8.00. The number of pyridine rings is 1. The number of aromatic amines is 1. The zero-order valence-corrected chi connectivity index (χ0v) is 14.2. The van der Waals surface area contributed by atoms with Crippen molar-refractivity contribution in [3.05, 3.63) is 53.2 Å². The maximum atomic E-state index is 12.5. The summed E-state index contributed by atoms with van der Waals surface area (Å²) in [6, 6.07) is 11.4. The summed E-state index contributed by atoms with van der Waals surface area (Å²) in [4.78, 5) is 25.9. The third-order valence-electron chi connectivity index (χ3n) is 3.28. The average molecular weight is 347 g/mol. The minimum atomic E-state index is -0.373. The molecule has 1 unspecified atom stereocenters. The van der Waals surface area contributed by atoms with Gasteiger partial charge in [-0.15, -0.1) is 0 Å². The predicted octanol–water partition coefficient (Wildman–Crippen LogP) is 3.53. The molecular formula is C16H15ClN4OS.